The maximum atomic E-state index is 14.8. The SMILES string of the molecule is COC(=O)N1CCC(Oc2ccc3c(-c4ncc(C(=O)NC5(C(=O)O)C6CC7CC(C6)CC5C7)c(C(F)(F)F)n4)cn(C4CCC(F)(F)CC4)c3c2)CC1. The third kappa shape index (κ3) is 6.42. The second kappa shape index (κ2) is 13.4. The smallest absolute Gasteiger partial charge is 0.434 e. The summed E-state index contributed by atoms with van der Waals surface area (Å²) in [7, 11) is 1.32. The summed E-state index contributed by atoms with van der Waals surface area (Å²) in [6.45, 7) is 0.866. The number of fused-ring (bicyclic) bond motifs is 1. The molecule has 6 aliphatic rings. The molecule has 1 saturated heterocycles. The lowest BCUT2D eigenvalue weighted by molar-refractivity contribution is -0.163. The molecule has 0 unspecified atom stereocenters. The average molecular weight is 760 g/mol. The van der Waals surface area contributed by atoms with E-state index < -0.39 is 46.9 Å². The van der Waals surface area contributed by atoms with Crippen molar-refractivity contribution in [3.05, 3.63) is 41.9 Å². The van der Waals surface area contributed by atoms with E-state index in [1.807, 2.05) is 0 Å². The van der Waals surface area contributed by atoms with E-state index in [2.05, 4.69) is 15.3 Å². The van der Waals surface area contributed by atoms with E-state index in [4.69, 9.17) is 9.47 Å². The van der Waals surface area contributed by atoms with Crippen molar-refractivity contribution >= 4 is 28.9 Å². The number of aliphatic carboxylic acids is 1. The minimum atomic E-state index is -5.09. The van der Waals surface area contributed by atoms with E-state index in [0.717, 1.165) is 12.6 Å². The average Bonchev–Trinajstić information content (AvgIpc) is 3.50. The predicted octanol–water partition coefficient (Wildman–Crippen LogP) is 7.49. The van der Waals surface area contributed by atoms with Crippen LogP contribution in [0.2, 0.25) is 0 Å². The second-order valence-electron chi connectivity index (χ2n) is 15.9. The number of likely N-dealkylation sites (tertiary alicyclic amines) is 1. The summed E-state index contributed by atoms with van der Waals surface area (Å²) < 4.78 is 85.5. The number of benzene rings is 1. The van der Waals surface area contributed by atoms with Crippen LogP contribution in [0, 0.1) is 23.7 Å². The van der Waals surface area contributed by atoms with Crippen LogP contribution in [0.1, 0.15) is 92.7 Å². The Morgan fingerprint density at radius 3 is 2.20 bits per heavy atom. The van der Waals surface area contributed by atoms with Crippen molar-refractivity contribution in [2.75, 3.05) is 20.2 Å². The molecule has 1 aliphatic heterocycles. The van der Waals surface area contributed by atoms with Crippen LogP contribution in [-0.4, -0.2) is 80.3 Å². The molecular weight excluding hydrogens is 717 g/mol. The fourth-order valence-corrected chi connectivity index (χ4v) is 10.2. The highest BCUT2D eigenvalue weighted by atomic mass is 19.4. The molecule has 2 aromatic heterocycles. The lowest BCUT2D eigenvalue weighted by atomic mass is 9.48. The van der Waals surface area contributed by atoms with E-state index in [1.165, 1.54) is 7.11 Å². The third-order valence-electron chi connectivity index (χ3n) is 12.7. The molecule has 9 rings (SSSR count). The minimum absolute atomic E-state index is 0.135. The van der Waals surface area contributed by atoms with Crippen LogP contribution in [0.3, 0.4) is 0 Å². The van der Waals surface area contributed by atoms with Gasteiger partial charge in [0.05, 0.1) is 18.2 Å². The Hall–Kier alpha value is -4.50. The number of aromatic nitrogens is 3. The van der Waals surface area contributed by atoms with Crippen molar-refractivity contribution in [3.63, 3.8) is 0 Å². The van der Waals surface area contributed by atoms with Gasteiger partial charge >= 0.3 is 18.2 Å². The molecule has 4 bridgehead atoms. The van der Waals surface area contributed by atoms with Gasteiger partial charge < -0.3 is 29.4 Å². The van der Waals surface area contributed by atoms with E-state index in [0.29, 0.717) is 80.1 Å². The Morgan fingerprint density at radius 1 is 0.963 bits per heavy atom. The molecule has 3 heterocycles. The summed E-state index contributed by atoms with van der Waals surface area (Å²) in [5.74, 6) is -5.14. The largest absolute Gasteiger partial charge is 0.490 e. The minimum Gasteiger partial charge on any atom is -0.490 e. The number of hydrogen-bond acceptors (Lipinski definition) is 7. The first-order chi connectivity index (χ1) is 25.6. The zero-order valence-electron chi connectivity index (χ0n) is 29.7. The number of carboxylic acids is 1. The molecule has 0 spiro atoms. The fourth-order valence-electron chi connectivity index (χ4n) is 10.2. The summed E-state index contributed by atoms with van der Waals surface area (Å²) in [6.07, 6.45) is 0.714. The van der Waals surface area contributed by atoms with Crippen molar-refractivity contribution in [3.8, 4) is 17.1 Å². The summed E-state index contributed by atoms with van der Waals surface area (Å²) in [6, 6.07) is 4.67. The topological polar surface area (TPSA) is 136 Å². The number of alkyl halides is 5. The van der Waals surface area contributed by atoms with Gasteiger partial charge in [-0.15, -0.1) is 0 Å². The molecule has 3 aromatic rings. The molecule has 11 nitrogen and oxygen atoms in total. The first kappa shape index (κ1) is 36.5. The number of amides is 2. The lowest BCUT2D eigenvalue weighted by Crippen LogP contribution is -2.70. The van der Waals surface area contributed by atoms with E-state index in [-0.39, 0.29) is 61.1 Å². The number of methoxy groups -OCH3 is 1. The molecule has 5 aliphatic carbocycles. The number of halogens is 5. The standard InChI is InChI=1S/C38H42F5N5O6/c1-53-35(52)47-10-6-25(7-11-47)54-26-2-3-27-29(19-48(30(27)17-26)24-4-8-36(39,40)9-5-24)32-44-18-28(31(45-32)38(41,42)43)33(49)46-37(34(50)51)22-13-20-12-21(15-22)16-23(37)14-20/h2-3,17-25H,4-16H2,1H3,(H,46,49)(H,50,51). The summed E-state index contributed by atoms with van der Waals surface area (Å²) in [4.78, 5) is 48.2. The van der Waals surface area contributed by atoms with Crippen molar-refractivity contribution in [2.24, 2.45) is 23.7 Å². The number of nitrogens with one attached hydrogen (secondary N) is 1. The highest BCUT2D eigenvalue weighted by Gasteiger charge is 2.62. The number of ether oxygens (including phenoxy) is 2. The number of carbonyl (C=O) groups excluding carboxylic acids is 2. The first-order valence-corrected chi connectivity index (χ1v) is 18.7. The number of nitrogens with zero attached hydrogens (tertiary/aromatic N) is 4. The van der Waals surface area contributed by atoms with E-state index in [9.17, 15) is 41.4 Å². The van der Waals surface area contributed by atoms with Gasteiger partial charge in [0.2, 0.25) is 5.92 Å². The molecule has 16 heteroatoms. The Morgan fingerprint density at radius 2 is 1.61 bits per heavy atom. The molecule has 1 aromatic carbocycles. The summed E-state index contributed by atoms with van der Waals surface area (Å²) in [5.41, 5.74) is -3.29. The molecule has 5 saturated carbocycles. The number of piperidine rings is 1. The fraction of sp³-hybridized carbons (Fsp3) is 0.605. The lowest BCUT2D eigenvalue weighted by Gasteiger charge is -2.59. The third-order valence-corrected chi connectivity index (χ3v) is 12.7. The van der Waals surface area contributed by atoms with Gasteiger partial charge in [-0.1, -0.05) is 0 Å². The van der Waals surface area contributed by atoms with Gasteiger partial charge in [0.25, 0.3) is 5.91 Å². The summed E-state index contributed by atoms with van der Waals surface area (Å²) in [5, 5.41) is 13.5. The molecule has 0 radical (unpaired) electrons. The first-order valence-electron chi connectivity index (χ1n) is 18.7. The van der Waals surface area contributed by atoms with Gasteiger partial charge in [-0.2, -0.15) is 13.2 Å². The van der Waals surface area contributed by atoms with E-state index >= 15 is 0 Å². The number of rotatable bonds is 7. The van der Waals surface area contributed by atoms with Crippen LogP contribution >= 0.6 is 0 Å². The van der Waals surface area contributed by atoms with Gasteiger partial charge in [0, 0.05) is 74.2 Å². The molecule has 2 N–H and O–H groups in total. The Bertz CT molecular complexity index is 1940. The van der Waals surface area contributed by atoms with Gasteiger partial charge in [-0.3, -0.25) is 4.79 Å². The van der Waals surface area contributed by atoms with Crippen molar-refractivity contribution in [1.29, 1.82) is 0 Å². The zero-order chi connectivity index (χ0) is 38.2. The Balaban J connectivity index is 1.13. The Kier molecular flexibility index (Phi) is 9.02. The normalized spacial score (nSPS) is 28.3. The number of hydrogen-bond donors (Lipinski definition) is 2. The van der Waals surface area contributed by atoms with E-state index in [1.54, 1.807) is 33.9 Å². The molecule has 0 atom stereocenters. The van der Waals surface area contributed by atoms with Gasteiger partial charge in [0.1, 0.15) is 17.4 Å². The van der Waals surface area contributed by atoms with Crippen LogP contribution in [-0.2, 0) is 15.7 Å². The van der Waals surface area contributed by atoms with Gasteiger partial charge in [0.15, 0.2) is 11.5 Å². The summed E-state index contributed by atoms with van der Waals surface area (Å²) >= 11 is 0. The predicted molar refractivity (Wildman–Crippen MR) is 183 cm³/mol. The Labute approximate surface area is 307 Å². The van der Waals surface area contributed by atoms with Gasteiger partial charge in [-0.05, 0) is 80.8 Å². The zero-order valence-corrected chi connectivity index (χ0v) is 29.7. The van der Waals surface area contributed by atoms with Crippen LogP contribution in [0.5, 0.6) is 5.75 Å². The molecular formula is C38H42F5N5O6. The highest BCUT2D eigenvalue weighted by molar-refractivity contribution is 6.00. The second-order valence-corrected chi connectivity index (χ2v) is 15.9. The van der Waals surface area contributed by atoms with Crippen molar-refractivity contribution in [1.82, 2.24) is 24.8 Å². The van der Waals surface area contributed by atoms with Crippen LogP contribution in [0.15, 0.2) is 30.6 Å². The highest BCUT2D eigenvalue weighted by Crippen LogP contribution is 2.58. The number of carboxylic acid groups (broad SMARTS) is 1. The quantitative estimate of drug-likeness (QED) is 0.237. The van der Waals surface area contributed by atoms with Crippen molar-refractivity contribution in [2.45, 2.75) is 100 Å². The number of carbonyl (C=O) groups is 3. The monoisotopic (exact) mass is 759 g/mol. The maximum absolute atomic E-state index is 14.8. The van der Waals surface area contributed by atoms with Crippen LogP contribution < -0.4 is 10.1 Å². The molecule has 2 amide bonds. The molecule has 290 valence electrons. The van der Waals surface area contributed by atoms with Gasteiger partial charge in [-0.25, -0.2) is 28.3 Å². The maximum Gasteiger partial charge on any atom is 0.434 e. The molecule has 54 heavy (non-hydrogen) atoms. The van der Waals surface area contributed by atoms with Crippen LogP contribution in [0.25, 0.3) is 22.3 Å². The molecule has 6 fully saturated rings. The van der Waals surface area contributed by atoms with Crippen LogP contribution in [0.4, 0.5) is 26.7 Å². The van der Waals surface area contributed by atoms with Crippen molar-refractivity contribution < 1.29 is 50.9 Å².